The lowest BCUT2D eigenvalue weighted by Gasteiger charge is -2.37. The molecule has 0 atom stereocenters. The normalized spacial score (nSPS) is 20.6. The van der Waals surface area contributed by atoms with E-state index in [1.807, 2.05) is 0 Å². The predicted octanol–water partition coefficient (Wildman–Crippen LogP) is 2.89. The van der Waals surface area contributed by atoms with Crippen molar-refractivity contribution in [1.29, 1.82) is 0 Å². The van der Waals surface area contributed by atoms with Crippen LogP contribution < -0.4 is 5.32 Å². The van der Waals surface area contributed by atoms with Crippen molar-refractivity contribution < 1.29 is 0 Å². The number of likely N-dealkylation sites (tertiary alicyclic amines) is 1. The van der Waals surface area contributed by atoms with Gasteiger partial charge in [0.25, 0.3) is 0 Å². The van der Waals surface area contributed by atoms with Gasteiger partial charge < -0.3 is 10.2 Å². The number of nitrogens with zero attached hydrogens (tertiary/aromatic N) is 1. The first-order valence-corrected chi connectivity index (χ1v) is 6.93. The summed E-state index contributed by atoms with van der Waals surface area (Å²) in [7, 11) is 0. The van der Waals surface area contributed by atoms with Gasteiger partial charge in [0.15, 0.2) is 0 Å². The fourth-order valence-electron chi connectivity index (χ4n) is 2.43. The summed E-state index contributed by atoms with van der Waals surface area (Å²) in [5.74, 6) is 0.802. The summed E-state index contributed by atoms with van der Waals surface area (Å²) >= 11 is 0. The summed E-state index contributed by atoms with van der Waals surface area (Å²) in [5, 5.41) is 3.79. The SMILES string of the molecule is CCC(C)(C)NC1CCN(CC(C)C)CC1. The summed E-state index contributed by atoms with van der Waals surface area (Å²) in [6.45, 7) is 15.3. The summed E-state index contributed by atoms with van der Waals surface area (Å²) in [5.41, 5.74) is 0.310. The maximum atomic E-state index is 3.79. The van der Waals surface area contributed by atoms with E-state index in [1.54, 1.807) is 0 Å². The number of hydrogen-bond acceptors (Lipinski definition) is 2. The fraction of sp³-hybridized carbons (Fsp3) is 1.00. The van der Waals surface area contributed by atoms with Crippen molar-refractivity contribution in [2.45, 2.75) is 65.5 Å². The molecule has 0 unspecified atom stereocenters. The van der Waals surface area contributed by atoms with Crippen molar-refractivity contribution in [1.82, 2.24) is 10.2 Å². The van der Waals surface area contributed by atoms with Crippen LogP contribution in [0.2, 0.25) is 0 Å². The van der Waals surface area contributed by atoms with Crippen LogP contribution in [-0.2, 0) is 0 Å². The van der Waals surface area contributed by atoms with Gasteiger partial charge in [0, 0.05) is 18.1 Å². The molecular weight excluding hydrogens is 196 g/mol. The molecule has 0 bridgehead atoms. The van der Waals surface area contributed by atoms with Crippen LogP contribution in [0, 0.1) is 5.92 Å². The van der Waals surface area contributed by atoms with Crippen molar-refractivity contribution in [2.75, 3.05) is 19.6 Å². The molecule has 1 aliphatic rings. The van der Waals surface area contributed by atoms with Crippen molar-refractivity contribution in [3.8, 4) is 0 Å². The average molecular weight is 226 g/mol. The van der Waals surface area contributed by atoms with Crippen LogP contribution in [0.1, 0.15) is 53.9 Å². The smallest absolute Gasteiger partial charge is 0.0125 e. The van der Waals surface area contributed by atoms with E-state index in [9.17, 15) is 0 Å². The highest BCUT2D eigenvalue weighted by Gasteiger charge is 2.24. The van der Waals surface area contributed by atoms with E-state index in [0.29, 0.717) is 5.54 Å². The van der Waals surface area contributed by atoms with Crippen LogP contribution in [0.3, 0.4) is 0 Å². The van der Waals surface area contributed by atoms with Crippen LogP contribution in [0.15, 0.2) is 0 Å². The van der Waals surface area contributed by atoms with E-state index in [0.717, 1.165) is 12.0 Å². The Bertz CT molecular complexity index is 191. The molecule has 1 heterocycles. The maximum Gasteiger partial charge on any atom is 0.0125 e. The van der Waals surface area contributed by atoms with Gasteiger partial charge in [0.05, 0.1) is 0 Å². The highest BCUT2D eigenvalue weighted by Crippen LogP contribution is 2.16. The summed E-state index contributed by atoms with van der Waals surface area (Å²) in [4.78, 5) is 2.61. The van der Waals surface area contributed by atoms with Crippen LogP contribution >= 0.6 is 0 Å². The molecule has 0 aromatic heterocycles. The van der Waals surface area contributed by atoms with Gasteiger partial charge in [-0.05, 0) is 52.1 Å². The van der Waals surface area contributed by atoms with Crippen molar-refractivity contribution in [2.24, 2.45) is 5.92 Å². The third-order valence-corrected chi connectivity index (χ3v) is 3.69. The molecular formula is C14H30N2. The van der Waals surface area contributed by atoms with E-state index in [4.69, 9.17) is 0 Å². The largest absolute Gasteiger partial charge is 0.309 e. The first-order valence-electron chi connectivity index (χ1n) is 6.93. The second-order valence-corrected chi connectivity index (χ2v) is 6.35. The lowest BCUT2D eigenvalue weighted by atomic mass is 9.96. The van der Waals surface area contributed by atoms with Crippen molar-refractivity contribution in [3.63, 3.8) is 0 Å². The molecule has 0 aromatic rings. The Hall–Kier alpha value is -0.0800. The molecule has 0 amide bonds. The highest BCUT2D eigenvalue weighted by molar-refractivity contribution is 4.85. The Kier molecular flexibility index (Phi) is 5.26. The molecule has 0 radical (unpaired) electrons. The zero-order valence-corrected chi connectivity index (χ0v) is 11.8. The molecule has 96 valence electrons. The fourth-order valence-corrected chi connectivity index (χ4v) is 2.43. The second kappa shape index (κ2) is 6.02. The molecule has 0 aliphatic carbocycles. The van der Waals surface area contributed by atoms with Crippen LogP contribution in [0.25, 0.3) is 0 Å². The number of piperidine rings is 1. The van der Waals surface area contributed by atoms with Gasteiger partial charge in [-0.1, -0.05) is 20.8 Å². The lowest BCUT2D eigenvalue weighted by Crippen LogP contribution is -2.50. The summed E-state index contributed by atoms with van der Waals surface area (Å²) in [6.07, 6.45) is 3.84. The van der Waals surface area contributed by atoms with Gasteiger partial charge in [0.2, 0.25) is 0 Å². The Morgan fingerprint density at radius 3 is 2.25 bits per heavy atom. The first-order chi connectivity index (χ1) is 7.43. The van der Waals surface area contributed by atoms with Gasteiger partial charge in [-0.25, -0.2) is 0 Å². The third kappa shape index (κ3) is 4.84. The second-order valence-electron chi connectivity index (χ2n) is 6.35. The van der Waals surface area contributed by atoms with Crippen LogP contribution in [-0.4, -0.2) is 36.1 Å². The molecule has 0 aromatic carbocycles. The van der Waals surface area contributed by atoms with Crippen molar-refractivity contribution in [3.05, 3.63) is 0 Å². The Morgan fingerprint density at radius 2 is 1.81 bits per heavy atom. The quantitative estimate of drug-likeness (QED) is 0.775. The Labute approximate surface area is 102 Å². The highest BCUT2D eigenvalue weighted by atomic mass is 15.1. The monoisotopic (exact) mass is 226 g/mol. The topological polar surface area (TPSA) is 15.3 Å². The number of rotatable bonds is 5. The molecule has 1 rings (SSSR count). The molecule has 1 N–H and O–H groups in total. The van der Waals surface area contributed by atoms with E-state index >= 15 is 0 Å². The summed E-state index contributed by atoms with van der Waals surface area (Å²) < 4.78 is 0. The lowest BCUT2D eigenvalue weighted by molar-refractivity contribution is 0.162. The number of hydrogen-bond donors (Lipinski definition) is 1. The minimum atomic E-state index is 0.310. The molecule has 2 heteroatoms. The molecule has 1 aliphatic heterocycles. The van der Waals surface area contributed by atoms with Crippen LogP contribution in [0.5, 0.6) is 0 Å². The molecule has 16 heavy (non-hydrogen) atoms. The van der Waals surface area contributed by atoms with E-state index in [-0.39, 0.29) is 0 Å². The maximum absolute atomic E-state index is 3.79. The van der Waals surface area contributed by atoms with Crippen LogP contribution in [0.4, 0.5) is 0 Å². The number of nitrogens with one attached hydrogen (secondary N) is 1. The molecule has 2 nitrogen and oxygen atoms in total. The van der Waals surface area contributed by atoms with E-state index in [2.05, 4.69) is 44.8 Å². The predicted molar refractivity (Wildman–Crippen MR) is 71.8 cm³/mol. The molecule has 1 saturated heterocycles. The molecule has 1 fully saturated rings. The Balaban J connectivity index is 2.27. The third-order valence-electron chi connectivity index (χ3n) is 3.69. The van der Waals surface area contributed by atoms with Gasteiger partial charge in [-0.3, -0.25) is 0 Å². The minimum Gasteiger partial charge on any atom is -0.309 e. The minimum absolute atomic E-state index is 0.310. The van der Waals surface area contributed by atoms with Gasteiger partial charge in [-0.2, -0.15) is 0 Å². The summed E-state index contributed by atoms with van der Waals surface area (Å²) in [6, 6.07) is 0.735. The van der Waals surface area contributed by atoms with E-state index < -0.39 is 0 Å². The van der Waals surface area contributed by atoms with Gasteiger partial charge in [0.1, 0.15) is 0 Å². The molecule has 0 spiro atoms. The molecule has 0 saturated carbocycles. The Morgan fingerprint density at radius 1 is 1.25 bits per heavy atom. The van der Waals surface area contributed by atoms with Gasteiger partial charge >= 0.3 is 0 Å². The zero-order valence-electron chi connectivity index (χ0n) is 11.8. The zero-order chi connectivity index (χ0) is 12.2. The van der Waals surface area contributed by atoms with Crippen molar-refractivity contribution >= 4 is 0 Å². The first kappa shape index (κ1) is 14.0. The van der Waals surface area contributed by atoms with E-state index in [1.165, 1.54) is 38.9 Å². The standard InChI is InChI=1S/C14H30N2/c1-6-14(4,5)15-13-7-9-16(10-8-13)11-12(2)3/h12-13,15H,6-11H2,1-5H3. The average Bonchev–Trinajstić information content (AvgIpc) is 2.20. The van der Waals surface area contributed by atoms with Gasteiger partial charge in [-0.15, -0.1) is 0 Å².